The van der Waals surface area contributed by atoms with E-state index in [4.69, 9.17) is 16.3 Å². The zero-order valence-corrected chi connectivity index (χ0v) is 55.9. The zero-order chi connectivity index (χ0) is 61.9. The molecule has 0 unspecified atom stereocenters. The molecule has 478 valence electrons. The second-order valence-electron chi connectivity index (χ2n) is 22.1. The van der Waals surface area contributed by atoms with Gasteiger partial charge in [0.2, 0.25) is 30.8 Å². The molecule has 0 atom stereocenters. The van der Waals surface area contributed by atoms with Crippen LogP contribution in [0, 0.1) is 0 Å². The van der Waals surface area contributed by atoms with Crippen LogP contribution in [0.25, 0.3) is 10.2 Å². The lowest BCUT2D eigenvalue weighted by Crippen LogP contribution is -2.35. The van der Waals surface area contributed by atoms with Gasteiger partial charge in [0.05, 0.1) is 43.5 Å². The maximum atomic E-state index is 13.8. The number of methoxy groups -OCH3 is 1. The van der Waals surface area contributed by atoms with Crippen LogP contribution in [0.3, 0.4) is 0 Å². The monoisotopic (exact) mass is 1260 g/mol. The number of aryl methyl sites for hydroxylation is 1. The number of ether oxygens (including phenoxy) is 1. The van der Waals surface area contributed by atoms with Crippen LogP contribution in [0.2, 0.25) is 5.02 Å². The number of halogens is 1. The van der Waals surface area contributed by atoms with E-state index in [2.05, 4.69) is 57.4 Å². The van der Waals surface area contributed by atoms with E-state index in [1.807, 2.05) is 54.6 Å². The summed E-state index contributed by atoms with van der Waals surface area (Å²) in [5.74, 6) is 1.06. The van der Waals surface area contributed by atoms with E-state index in [0.29, 0.717) is 42.7 Å². The summed E-state index contributed by atoms with van der Waals surface area (Å²) >= 11 is 7.78. The average Bonchev–Trinajstić information content (AvgIpc) is 3.67. The highest BCUT2D eigenvalue weighted by Gasteiger charge is 2.27. The van der Waals surface area contributed by atoms with Gasteiger partial charge in [-0.2, -0.15) is 4.31 Å². The van der Waals surface area contributed by atoms with Crippen LogP contribution in [0.15, 0.2) is 80.7 Å². The fourth-order valence-corrected chi connectivity index (χ4v) is 14.3. The average molecular weight is 1260 g/mol. The van der Waals surface area contributed by atoms with Crippen LogP contribution < -0.4 is 31.0 Å². The highest BCUT2D eigenvalue weighted by atomic mass is 35.5. The number of para-hydroxylation sites is 1. The van der Waals surface area contributed by atoms with Crippen LogP contribution in [0.5, 0.6) is 5.75 Å². The first-order valence-corrected chi connectivity index (χ1v) is 35.9. The van der Waals surface area contributed by atoms with Crippen molar-refractivity contribution in [3.63, 3.8) is 0 Å². The Labute approximate surface area is 520 Å². The second kappa shape index (κ2) is 40.5. The number of carbonyl (C=O) groups is 2. The standard InChI is InChI=1S/C33H50ClN5O3S2.C30H54N6O4S/c1-4-6-7-8-9-10-11-12-13-14-15-16-17-20-25-38(3)44(41,42)27-23-24-28(34)29(26-27)35-32(40)36-37-33-39(5-2)30-21-18-19-22-31(30)43-33;1-6-9-11-13-15-17-21-36(22-18-16-14-12-10-7-2)41(38,39)26-19-20-28(40-5)27(25-26)31-29(37)32-33-30-34(4)23-24-35(30)8-3/h18-19,21-24,26H,4-17,20,25H2,1-3H3,(H2,35,36,40);19-20,25H,6-18,21-24H2,1-5H3,(H2,31,32,37)/b37-33+;33-30-. The molecule has 2 heterocycles. The Kier molecular flexibility index (Phi) is 34.6. The Morgan fingerprint density at radius 3 is 1.59 bits per heavy atom. The minimum absolute atomic E-state index is 0.0790. The smallest absolute Gasteiger partial charge is 0.339 e. The number of benzene rings is 3. The molecule has 1 aliphatic rings. The number of aromatic nitrogens is 1. The Hall–Kier alpha value is -4.93. The molecule has 1 fully saturated rings. The number of sulfonamides is 2. The van der Waals surface area contributed by atoms with Crippen LogP contribution in [-0.4, -0.2) is 118 Å². The lowest BCUT2D eigenvalue weighted by molar-refractivity contribution is 0.251. The molecule has 0 radical (unpaired) electrons. The predicted octanol–water partition coefficient (Wildman–Crippen LogP) is 15.2. The molecule has 0 saturated carbocycles. The minimum Gasteiger partial charge on any atom is -0.495 e. The summed E-state index contributed by atoms with van der Waals surface area (Å²) in [5, 5.41) is 14.1. The molecule has 1 aliphatic heterocycles. The molecule has 1 aromatic heterocycles. The van der Waals surface area contributed by atoms with Crippen LogP contribution in [0.1, 0.15) is 202 Å². The lowest BCUT2D eigenvalue weighted by Gasteiger charge is -2.23. The van der Waals surface area contributed by atoms with E-state index in [1.54, 1.807) is 23.5 Å². The Morgan fingerprint density at radius 1 is 0.588 bits per heavy atom. The van der Waals surface area contributed by atoms with Crippen molar-refractivity contribution >= 4 is 82.6 Å². The third-order valence-corrected chi connectivity index (χ3v) is 20.6. The first-order chi connectivity index (χ1) is 41.0. The number of fused-ring (bicyclic) bond motifs is 1. The minimum atomic E-state index is -3.76. The zero-order valence-electron chi connectivity index (χ0n) is 52.7. The molecule has 4 amide bonds. The maximum absolute atomic E-state index is 13.8. The molecule has 1 saturated heterocycles. The molecule has 18 nitrogen and oxygen atoms in total. The molecule has 4 aromatic rings. The number of hydrogen-bond donors (Lipinski definition) is 4. The van der Waals surface area contributed by atoms with Crippen molar-refractivity contribution in [2.75, 3.05) is 71.1 Å². The molecule has 0 spiro atoms. The van der Waals surface area contributed by atoms with E-state index >= 15 is 0 Å². The van der Waals surface area contributed by atoms with Gasteiger partial charge in [0, 0.05) is 59.9 Å². The summed E-state index contributed by atoms with van der Waals surface area (Å²) in [7, 11) is -2.48. The number of carbonyl (C=O) groups excluding carboxylic acids is 2. The lowest BCUT2D eigenvalue weighted by atomic mass is 10.0. The van der Waals surface area contributed by atoms with Crippen molar-refractivity contribution in [1.29, 1.82) is 0 Å². The maximum Gasteiger partial charge on any atom is 0.339 e. The summed E-state index contributed by atoms with van der Waals surface area (Å²) in [6, 6.07) is 15.7. The van der Waals surface area contributed by atoms with Gasteiger partial charge < -0.3 is 29.7 Å². The summed E-state index contributed by atoms with van der Waals surface area (Å²) in [6.07, 6.45) is 30.7. The molecule has 5 rings (SSSR count). The van der Waals surface area contributed by atoms with Crippen molar-refractivity contribution in [3.8, 4) is 5.75 Å². The molecule has 22 heteroatoms. The number of nitrogens with zero attached hydrogens (tertiary/aromatic N) is 7. The highest BCUT2D eigenvalue weighted by molar-refractivity contribution is 7.89. The van der Waals surface area contributed by atoms with Gasteiger partial charge in [-0.1, -0.05) is 204 Å². The summed E-state index contributed by atoms with van der Waals surface area (Å²) in [5.41, 5.74) is 6.56. The van der Waals surface area contributed by atoms with Gasteiger partial charge in [0.25, 0.3) is 0 Å². The van der Waals surface area contributed by atoms with Gasteiger partial charge >= 0.3 is 12.1 Å². The van der Waals surface area contributed by atoms with Gasteiger partial charge in [0.15, 0.2) is 0 Å². The van der Waals surface area contributed by atoms with Gasteiger partial charge in [-0.05, 0) is 81.6 Å². The number of unbranched alkanes of at least 4 members (excludes halogenated alkanes) is 23. The van der Waals surface area contributed by atoms with E-state index in [1.165, 1.54) is 156 Å². The number of guanidine groups is 1. The Bertz CT molecular complexity index is 2900. The predicted molar refractivity (Wildman–Crippen MR) is 353 cm³/mol. The number of likely N-dealkylation sites (N-methyl/N-ethyl adjacent to an activating group) is 2. The van der Waals surface area contributed by atoms with Gasteiger partial charge in [0.1, 0.15) is 5.75 Å². The number of rotatable bonds is 40. The summed E-state index contributed by atoms with van der Waals surface area (Å²) < 4.78 is 65.7. The molecule has 0 aliphatic carbocycles. The first-order valence-electron chi connectivity index (χ1n) is 31.8. The fraction of sp³-hybridized carbons (Fsp3) is 0.651. The first kappa shape index (κ1) is 72.5. The SMILES string of the molecule is CCCCCCCCCCCCCCCCN(C)S(=O)(=O)c1ccc(Cl)c(NC(=O)N/N=c2/sc3ccccc3n2CC)c1.CCCCCCCCN(CCCCCCCC)S(=O)(=O)c1ccc(OC)c(NC(=O)N/N=C2/N(C)CCN2CC)c1. The normalized spacial score (nSPS) is 13.5. The summed E-state index contributed by atoms with van der Waals surface area (Å²) in [6.45, 7) is 15.3. The highest BCUT2D eigenvalue weighted by Crippen LogP contribution is 2.31. The van der Waals surface area contributed by atoms with E-state index in [-0.39, 0.29) is 26.2 Å². The van der Waals surface area contributed by atoms with Crippen LogP contribution >= 0.6 is 22.9 Å². The number of urea groups is 2. The van der Waals surface area contributed by atoms with Crippen LogP contribution in [0.4, 0.5) is 21.0 Å². The summed E-state index contributed by atoms with van der Waals surface area (Å²) in [4.78, 5) is 30.3. The van der Waals surface area contributed by atoms with Crippen molar-refractivity contribution in [1.82, 2.24) is 33.8 Å². The molecule has 0 bridgehead atoms. The van der Waals surface area contributed by atoms with Gasteiger partial charge in [-0.3, -0.25) is 0 Å². The molecule has 85 heavy (non-hydrogen) atoms. The van der Waals surface area contributed by atoms with E-state index in [9.17, 15) is 26.4 Å². The molecular formula is C63H104ClN11O7S3. The number of hydrogen-bond acceptors (Lipinski definition) is 10. The topological polar surface area (TPSA) is 202 Å². The molecular weight excluding hydrogens is 1150 g/mol. The van der Waals surface area contributed by atoms with Crippen molar-refractivity contribution in [3.05, 3.63) is 70.5 Å². The largest absolute Gasteiger partial charge is 0.495 e. The number of thiazole rings is 1. The van der Waals surface area contributed by atoms with Crippen molar-refractivity contribution in [2.45, 2.75) is 218 Å². The second-order valence-corrected chi connectivity index (χ2v) is 27.5. The fourth-order valence-electron chi connectivity index (χ4n) is 10.3. The number of amides is 4. The van der Waals surface area contributed by atoms with Gasteiger partial charge in [-0.15, -0.1) is 10.2 Å². The van der Waals surface area contributed by atoms with Crippen LogP contribution in [-0.2, 0) is 26.6 Å². The number of anilines is 2. The van der Waals surface area contributed by atoms with Crippen molar-refractivity contribution < 1.29 is 31.2 Å². The Morgan fingerprint density at radius 2 is 1.06 bits per heavy atom. The third kappa shape index (κ3) is 25.0. The van der Waals surface area contributed by atoms with Gasteiger partial charge in [-0.25, -0.2) is 41.6 Å². The van der Waals surface area contributed by atoms with E-state index < -0.39 is 32.1 Å². The third-order valence-electron chi connectivity index (χ3n) is 15.4. The van der Waals surface area contributed by atoms with E-state index in [0.717, 1.165) is 87.6 Å². The number of hydrazone groups is 1. The number of nitrogens with one attached hydrogen (secondary N) is 4. The quantitative estimate of drug-likeness (QED) is 0.0247. The van der Waals surface area contributed by atoms with Crippen molar-refractivity contribution in [2.24, 2.45) is 10.2 Å². The Balaban J connectivity index is 0.000000365. The molecule has 4 N–H and O–H groups in total. The molecule has 3 aromatic carbocycles.